The first-order valence-corrected chi connectivity index (χ1v) is 6.57. The van der Waals surface area contributed by atoms with Crippen molar-refractivity contribution < 1.29 is 4.74 Å². The Morgan fingerprint density at radius 1 is 1.17 bits per heavy atom. The van der Waals surface area contributed by atoms with Crippen LogP contribution < -0.4 is 0 Å². The third-order valence-corrected chi connectivity index (χ3v) is 4.39. The molecule has 2 heteroatoms. The van der Waals surface area contributed by atoms with Crippen molar-refractivity contribution in [1.29, 1.82) is 0 Å². The van der Waals surface area contributed by atoms with E-state index in [4.69, 9.17) is 4.74 Å². The van der Waals surface area contributed by atoms with E-state index < -0.39 is 0 Å². The zero-order valence-corrected chi connectivity index (χ0v) is 9.68. The first-order chi connectivity index (χ1) is 5.87. The van der Waals surface area contributed by atoms with Gasteiger partial charge < -0.3 is 4.74 Å². The number of alkyl halides is 1. The minimum atomic E-state index is 0.582. The number of hydrogen-bond acceptors (Lipinski definition) is 1. The second kappa shape index (κ2) is 3.82. The van der Waals surface area contributed by atoms with Gasteiger partial charge in [0, 0.05) is 11.0 Å². The molecule has 12 heavy (non-hydrogen) atoms. The number of rotatable bonds is 1. The van der Waals surface area contributed by atoms with Gasteiger partial charge >= 0.3 is 0 Å². The lowest BCUT2D eigenvalue weighted by molar-refractivity contribution is 0.0479. The van der Waals surface area contributed by atoms with Crippen molar-refractivity contribution in [2.45, 2.75) is 44.6 Å². The second-order valence-corrected chi connectivity index (χ2v) is 5.07. The lowest BCUT2D eigenvalue weighted by atomic mass is 9.70. The number of ether oxygens (including phenoxy) is 1. The molecule has 1 spiro atoms. The monoisotopic (exact) mass is 280 g/mol. The van der Waals surface area contributed by atoms with Crippen LogP contribution in [0.3, 0.4) is 0 Å². The summed E-state index contributed by atoms with van der Waals surface area (Å²) in [5.74, 6) is 0. The van der Waals surface area contributed by atoms with E-state index in [1.165, 1.54) is 43.0 Å². The Kier molecular flexibility index (Phi) is 2.95. The normalized spacial score (nSPS) is 34.2. The van der Waals surface area contributed by atoms with Crippen LogP contribution in [0.5, 0.6) is 0 Å². The topological polar surface area (TPSA) is 9.23 Å². The molecule has 0 N–H and O–H groups in total. The Morgan fingerprint density at radius 2 is 1.92 bits per heavy atom. The highest BCUT2D eigenvalue weighted by molar-refractivity contribution is 14.1. The Morgan fingerprint density at radius 3 is 2.58 bits per heavy atom. The van der Waals surface area contributed by atoms with Crippen molar-refractivity contribution in [3.8, 4) is 0 Å². The van der Waals surface area contributed by atoms with Gasteiger partial charge in [-0.3, -0.25) is 0 Å². The summed E-state index contributed by atoms with van der Waals surface area (Å²) in [5.41, 5.74) is 0.611. The Labute approximate surface area is 88.4 Å². The molecule has 1 aliphatic heterocycles. The fourth-order valence-corrected chi connectivity index (χ4v) is 3.97. The number of hydrogen-bond donors (Lipinski definition) is 0. The molecule has 1 saturated carbocycles. The van der Waals surface area contributed by atoms with E-state index in [1.807, 2.05) is 0 Å². The molecule has 0 aromatic rings. The first-order valence-electron chi connectivity index (χ1n) is 5.05. The zero-order chi connectivity index (χ0) is 8.44. The van der Waals surface area contributed by atoms with Gasteiger partial charge in [0.15, 0.2) is 0 Å². The molecular formula is C10H17IO. The van der Waals surface area contributed by atoms with Gasteiger partial charge in [0.05, 0.1) is 6.10 Å². The highest BCUT2D eigenvalue weighted by atomic mass is 127. The van der Waals surface area contributed by atoms with E-state index in [-0.39, 0.29) is 0 Å². The van der Waals surface area contributed by atoms with Gasteiger partial charge in [0.2, 0.25) is 0 Å². The predicted octanol–water partition coefficient (Wildman–Crippen LogP) is 3.16. The maximum absolute atomic E-state index is 5.79. The summed E-state index contributed by atoms with van der Waals surface area (Å²) in [6.07, 6.45) is 9.11. The Bertz CT molecular complexity index is 152. The van der Waals surface area contributed by atoms with Crippen LogP contribution in [0.15, 0.2) is 0 Å². The molecular weight excluding hydrogens is 263 g/mol. The highest BCUT2D eigenvalue weighted by Gasteiger charge is 2.43. The van der Waals surface area contributed by atoms with Gasteiger partial charge in [-0.25, -0.2) is 0 Å². The third-order valence-electron chi connectivity index (χ3n) is 3.59. The number of halogens is 1. The zero-order valence-electron chi connectivity index (χ0n) is 7.52. The average Bonchev–Trinajstić information content (AvgIpc) is 2.49. The van der Waals surface area contributed by atoms with Gasteiger partial charge in [-0.1, -0.05) is 41.9 Å². The molecule has 70 valence electrons. The average molecular weight is 280 g/mol. The molecule has 0 bridgehead atoms. The lowest BCUT2D eigenvalue weighted by Crippen LogP contribution is -2.34. The summed E-state index contributed by atoms with van der Waals surface area (Å²) in [4.78, 5) is 0. The molecule has 0 aromatic heterocycles. The molecule has 1 atom stereocenters. The minimum absolute atomic E-state index is 0.582. The summed E-state index contributed by atoms with van der Waals surface area (Å²) in [7, 11) is 0. The molecule has 1 unspecified atom stereocenters. The molecule has 0 amide bonds. The van der Waals surface area contributed by atoms with E-state index in [1.54, 1.807) is 0 Å². The second-order valence-electron chi connectivity index (χ2n) is 4.19. The van der Waals surface area contributed by atoms with Crippen LogP contribution in [0, 0.1) is 5.41 Å². The minimum Gasteiger partial charge on any atom is -0.377 e. The first kappa shape index (κ1) is 9.25. The smallest absolute Gasteiger partial charge is 0.0721 e. The largest absolute Gasteiger partial charge is 0.377 e. The van der Waals surface area contributed by atoms with Crippen molar-refractivity contribution in [2.75, 3.05) is 11.0 Å². The summed E-state index contributed by atoms with van der Waals surface area (Å²) in [6.45, 7) is 1.02. The molecule has 1 aliphatic carbocycles. The van der Waals surface area contributed by atoms with Crippen LogP contribution in [0.25, 0.3) is 0 Å². The maximum atomic E-state index is 5.79. The van der Waals surface area contributed by atoms with E-state index in [9.17, 15) is 0 Å². The third kappa shape index (κ3) is 1.52. The van der Waals surface area contributed by atoms with Gasteiger partial charge in [0.1, 0.15) is 0 Å². The standard InChI is InChI=1S/C10H17IO/c11-8-9-10(6-7-12-9)4-2-1-3-5-10/h9H,1-8H2. The molecule has 1 nitrogen and oxygen atoms in total. The van der Waals surface area contributed by atoms with Crippen molar-refractivity contribution >= 4 is 22.6 Å². The lowest BCUT2D eigenvalue weighted by Gasteiger charge is -2.36. The summed E-state index contributed by atoms with van der Waals surface area (Å²) < 4.78 is 6.98. The van der Waals surface area contributed by atoms with E-state index in [0.29, 0.717) is 11.5 Å². The van der Waals surface area contributed by atoms with Crippen LogP contribution in [-0.4, -0.2) is 17.1 Å². The molecule has 1 saturated heterocycles. The fourth-order valence-electron chi connectivity index (χ4n) is 2.78. The van der Waals surface area contributed by atoms with Gasteiger partial charge in [0.25, 0.3) is 0 Å². The Hall–Kier alpha value is 0.690. The van der Waals surface area contributed by atoms with Crippen LogP contribution in [0.4, 0.5) is 0 Å². The molecule has 0 aromatic carbocycles. The molecule has 2 fully saturated rings. The molecule has 2 aliphatic rings. The van der Waals surface area contributed by atoms with E-state index in [0.717, 1.165) is 6.61 Å². The van der Waals surface area contributed by atoms with Gasteiger partial charge in [-0.05, 0) is 24.7 Å². The van der Waals surface area contributed by atoms with Crippen LogP contribution >= 0.6 is 22.6 Å². The Balaban J connectivity index is 2.05. The maximum Gasteiger partial charge on any atom is 0.0721 e. The molecule has 0 radical (unpaired) electrons. The fraction of sp³-hybridized carbons (Fsp3) is 1.00. The van der Waals surface area contributed by atoms with Crippen molar-refractivity contribution in [2.24, 2.45) is 5.41 Å². The highest BCUT2D eigenvalue weighted by Crippen LogP contribution is 2.47. The van der Waals surface area contributed by atoms with E-state index >= 15 is 0 Å². The predicted molar refractivity (Wildman–Crippen MR) is 58.8 cm³/mol. The van der Waals surface area contributed by atoms with Gasteiger partial charge in [-0.2, -0.15) is 0 Å². The van der Waals surface area contributed by atoms with Crippen molar-refractivity contribution in [1.82, 2.24) is 0 Å². The van der Waals surface area contributed by atoms with E-state index in [2.05, 4.69) is 22.6 Å². The SMILES string of the molecule is ICC1OCCC12CCCCC2. The van der Waals surface area contributed by atoms with Crippen LogP contribution in [-0.2, 0) is 4.74 Å². The van der Waals surface area contributed by atoms with Crippen molar-refractivity contribution in [3.63, 3.8) is 0 Å². The van der Waals surface area contributed by atoms with Gasteiger partial charge in [-0.15, -0.1) is 0 Å². The summed E-state index contributed by atoms with van der Waals surface area (Å²) in [5, 5.41) is 0. The van der Waals surface area contributed by atoms with Crippen LogP contribution in [0.1, 0.15) is 38.5 Å². The summed E-state index contributed by atoms with van der Waals surface area (Å²) >= 11 is 2.48. The molecule has 2 rings (SSSR count). The summed E-state index contributed by atoms with van der Waals surface area (Å²) in [6, 6.07) is 0. The molecule has 1 heterocycles. The quantitative estimate of drug-likeness (QED) is 0.529. The van der Waals surface area contributed by atoms with Crippen LogP contribution in [0.2, 0.25) is 0 Å². The van der Waals surface area contributed by atoms with Crippen molar-refractivity contribution in [3.05, 3.63) is 0 Å².